The minimum absolute atomic E-state index is 0.0106. The van der Waals surface area contributed by atoms with Gasteiger partial charge in [-0.25, -0.2) is 18.5 Å². The molecule has 1 aliphatic rings. The van der Waals surface area contributed by atoms with Crippen LogP contribution in [0.15, 0.2) is 11.0 Å². The van der Waals surface area contributed by atoms with Gasteiger partial charge >= 0.3 is 41.2 Å². The summed E-state index contributed by atoms with van der Waals surface area (Å²) in [6.07, 6.45) is -7.51. The minimum Gasteiger partial charge on any atom is -0.382 e. The van der Waals surface area contributed by atoms with Crippen LogP contribution in [0.1, 0.15) is 32.1 Å². The molecule has 1 saturated heterocycles. The molecule has 238 valence electrons. The second kappa shape index (κ2) is 14.1. The Bertz CT molecular complexity index is 1410. The molecule has 1 fully saturated rings. The molecule has 7 N–H and O–H groups in total. The number of nitrogen functional groups attached to an aromatic ring is 1. The Morgan fingerprint density at radius 2 is 1.88 bits per heavy atom. The number of nitrogens with one attached hydrogen (secondary N) is 1. The van der Waals surface area contributed by atoms with Crippen molar-refractivity contribution in [1.29, 1.82) is 0 Å². The fourth-order valence-electron chi connectivity index (χ4n) is 3.13. The molecule has 0 aromatic carbocycles. The summed E-state index contributed by atoms with van der Waals surface area (Å²) in [5.74, 6) is 1.97. The van der Waals surface area contributed by atoms with Gasteiger partial charge in [0.1, 0.15) is 18.1 Å². The summed E-state index contributed by atoms with van der Waals surface area (Å²) in [6.45, 7) is 2.15. The summed E-state index contributed by atoms with van der Waals surface area (Å²) >= 11 is 0. The van der Waals surface area contributed by atoms with Gasteiger partial charge in [-0.1, -0.05) is 25.7 Å². The number of halogens is 3. The maximum Gasteiger partial charge on any atom is 0.490 e. The monoisotopic (exact) mass is 672 g/mol. The fourth-order valence-corrected chi connectivity index (χ4v) is 6.16. The average Bonchev–Trinajstić information content (AvgIpc) is 3.20. The van der Waals surface area contributed by atoms with E-state index >= 15 is 0 Å². The predicted molar refractivity (Wildman–Crippen MR) is 132 cm³/mol. The zero-order valence-corrected chi connectivity index (χ0v) is 24.2. The quantitative estimate of drug-likeness (QED) is 0.131. The SMILES string of the molecule is CC(C)CO[C@@H]1C[C@H](n2cc(C#CCNC(=O)C(F)(F)F)c(N)nc2=O)OC1COP(=O)(O)OP(=O)(O)OP(=O)(O)O. The number of rotatable bonds is 12. The number of hydrogen-bond acceptors (Lipinski definition) is 12. The Morgan fingerprint density at radius 3 is 2.45 bits per heavy atom. The molecule has 1 aromatic heterocycles. The topological polar surface area (TPSA) is 268 Å². The Labute approximate surface area is 234 Å². The fraction of sp³-hybridized carbons (Fsp3) is 0.611. The average molecular weight is 672 g/mol. The van der Waals surface area contributed by atoms with Crippen LogP contribution in [0.4, 0.5) is 19.0 Å². The minimum atomic E-state index is -5.77. The van der Waals surface area contributed by atoms with Gasteiger partial charge in [-0.3, -0.25) is 13.9 Å². The molecule has 24 heteroatoms. The van der Waals surface area contributed by atoms with Crippen LogP contribution in [0, 0.1) is 17.8 Å². The number of nitrogens with zero attached hydrogens (tertiary/aromatic N) is 2. The number of phosphoric ester groups is 1. The van der Waals surface area contributed by atoms with E-state index in [-0.39, 0.29) is 30.3 Å². The van der Waals surface area contributed by atoms with E-state index in [0.717, 1.165) is 10.8 Å². The zero-order chi connectivity index (χ0) is 32.1. The van der Waals surface area contributed by atoms with Crippen LogP contribution >= 0.6 is 23.5 Å². The third-order valence-electron chi connectivity index (χ3n) is 4.75. The molecule has 42 heavy (non-hydrogen) atoms. The molecule has 5 atom stereocenters. The molecule has 2 heterocycles. The van der Waals surface area contributed by atoms with Gasteiger partial charge in [0.2, 0.25) is 0 Å². The molecule has 2 rings (SSSR count). The molecule has 0 saturated carbocycles. The Morgan fingerprint density at radius 1 is 1.24 bits per heavy atom. The molecule has 0 aliphatic carbocycles. The molecular formula is C18H26F3N4O14P3. The number of aromatic nitrogens is 2. The molecule has 3 unspecified atom stereocenters. The van der Waals surface area contributed by atoms with Gasteiger partial charge in [0, 0.05) is 19.2 Å². The Kier molecular flexibility index (Phi) is 12.1. The van der Waals surface area contributed by atoms with Gasteiger partial charge in [-0.2, -0.15) is 26.8 Å². The van der Waals surface area contributed by atoms with E-state index in [0.29, 0.717) is 0 Å². The van der Waals surface area contributed by atoms with Gasteiger partial charge in [-0.05, 0) is 5.92 Å². The highest BCUT2D eigenvalue weighted by Gasteiger charge is 2.44. The summed E-state index contributed by atoms with van der Waals surface area (Å²) in [5, 5.41) is 1.52. The first-order valence-electron chi connectivity index (χ1n) is 11.4. The van der Waals surface area contributed by atoms with E-state index < -0.39 is 72.8 Å². The van der Waals surface area contributed by atoms with Gasteiger partial charge in [0.25, 0.3) is 0 Å². The van der Waals surface area contributed by atoms with Crippen LogP contribution in [-0.4, -0.2) is 73.2 Å². The summed E-state index contributed by atoms with van der Waals surface area (Å²) in [6, 6.07) is 0. The van der Waals surface area contributed by atoms with Crippen LogP contribution in [0.25, 0.3) is 0 Å². The lowest BCUT2D eigenvalue weighted by molar-refractivity contribution is -0.173. The number of alkyl halides is 3. The zero-order valence-electron chi connectivity index (χ0n) is 21.5. The van der Waals surface area contributed by atoms with E-state index in [1.165, 1.54) is 5.32 Å². The standard InChI is InChI=1S/C18H26F3N4O14P3/c1-10(2)8-35-12-6-14(37-13(12)9-36-41(31,32)39-42(33,34)38-40(28,29)30)25-7-11(15(22)24-17(25)27)4-3-5-23-16(26)18(19,20)21/h7,10,12-14H,5-6,8-9H2,1-2H3,(H,23,26)(H,31,32)(H,33,34)(H2,22,24,27)(H2,28,29,30)/t12-,13?,14-/m1/s1. The number of anilines is 1. The largest absolute Gasteiger partial charge is 0.490 e. The Hall–Kier alpha value is -2.17. The number of carbonyl (C=O) groups excluding carboxylic acids is 1. The number of hydrogen-bond donors (Lipinski definition) is 6. The smallest absolute Gasteiger partial charge is 0.382 e. The van der Waals surface area contributed by atoms with Crippen molar-refractivity contribution in [3.8, 4) is 11.8 Å². The summed E-state index contributed by atoms with van der Waals surface area (Å²) in [4.78, 5) is 63.3. The van der Waals surface area contributed by atoms with Gasteiger partial charge in [0.15, 0.2) is 0 Å². The highest BCUT2D eigenvalue weighted by molar-refractivity contribution is 7.66. The van der Waals surface area contributed by atoms with Crippen molar-refractivity contribution in [2.45, 2.75) is 44.9 Å². The molecule has 0 radical (unpaired) electrons. The van der Waals surface area contributed by atoms with E-state index in [1.807, 2.05) is 0 Å². The van der Waals surface area contributed by atoms with Crippen LogP contribution in [0.2, 0.25) is 0 Å². The highest BCUT2D eigenvalue weighted by atomic mass is 31.3. The number of amides is 1. The number of phosphoric acid groups is 3. The first-order chi connectivity index (χ1) is 19.1. The van der Waals surface area contributed by atoms with Gasteiger partial charge < -0.3 is 40.1 Å². The third kappa shape index (κ3) is 11.8. The van der Waals surface area contributed by atoms with Crippen molar-refractivity contribution in [1.82, 2.24) is 14.9 Å². The van der Waals surface area contributed by atoms with Gasteiger partial charge in [-0.15, -0.1) is 0 Å². The Balaban J connectivity index is 2.22. The number of ether oxygens (including phenoxy) is 2. The van der Waals surface area contributed by atoms with Crippen molar-refractivity contribution in [3.05, 3.63) is 22.2 Å². The maximum atomic E-state index is 12.5. The lowest BCUT2D eigenvalue weighted by Gasteiger charge is -2.21. The van der Waals surface area contributed by atoms with Crippen molar-refractivity contribution >= 4 is 35.2 Å². The first-order valence-corrected chi connectivity index (χ1v) is 15.9. The van der Waals surface area contributed by atoms with Crippen LogP contribution in [-0.2, 0) is 41.1 Å². The van der Waals surface area contributed by atoms with Crippen LogP contribution < -0.4 is 16.7 Å². The summed E-state index contributed by atoms with van der Waals surface area (Å²) in [5.41, 5.74) is 4.58. The first kappa shape index (κ1) is 36.0. The predicted octanol–water partition coefficient (Wildman–Crippen LogP) is 0.527. The normalized spacial score (nSPS) is 22.2. The van der Waals surface area contributed by atoms with E-state index in [1.54, 1.807) is 13.8 Å². The highest BCUT2D eigenvalue weighted by Crippen LogP contribution is 2.66. The molecule has 0 bridgehead atoms. The molecule has 1 aromatic rings. The second-order valence-electron chi connectivity index (χ2n) is 8.73. The van der Waals surface area contributed by atoms with E-state index in [2.05, 4.69) is 30.0 Å². The van der Waals surface area contributed by atoms with Crippen LogP contribution in [0.5, 0.6) is 0 Å². The number of carbonyl (C=O) groups is 1. The second-order valence-corrected chi connectivity index (χ2v) is 13.1. The lowest BCUT2D eigenvalue weighted by atomic mass is 10.1. The molecule has 0 spiro atoms. The molecule has 1 aliphatic heterocycles. The summed E-state index contributed by atoms with van der Waals surface area (Å²) < 4.78 is 95.6. The molecule has 18 nitrogen and oxygen atoms in total. The van der Waals surface area contributed by atoms with Crippen molar-refractivity contribution in [2.24, 2.45) is 5.92 Å². The van der Waals surface area contributed by atoms with Crippen molar-refractivity contribution in [3.63, 3.8) is 0 Å². The summed E-state index contributed by atoms with van der Waals surface area (Å²) in [7, 11) is -16.9. The van der Waals surface area contributed by atoms with Gasteiger partial charge in [0.05, 0.1) is 24.8 Å². The maximum absolute atomic E-state index is 12.5. The lowest BCUT2D eigenvalue weighted by Crippen LogP contribution is -2.36. The van der Waals surface area contributed by atoms with E-state index in [4.69, 9.17) is 25.0 Å². The number of nitrogens with two attached hydrogens (primary N) is 1. The van der Waals surface area contributed by atoms with Crippen molar-refractivity contribution in [2.75, 3.05) is 25.5 Å². The molecular weight excluding hydrogens is 646 g/mol. The van der Waals surface area contributed by atoms with Crippen LogP contribution in [0.3, 0.4) is 0 Å². The van der Waals surface area contributed by atoms with E-state index in [9.17, 15) is 46.2 Å². The molecule has 1 amide bonds. The third-order valence-corrected chi connectivity index (χ3v) is 8.55. The van der Waals surface area contributed by atoms with Crippen molar-refractivity contribution < 1.29 is 73.9 Å².